The summed E-state index contributed by atoms with van der Waals surface area (Å²) in [5.41, 5.74) is 1.14. The molecule has 0 N–H and O–H groups in total. The Hall–Kier alpha value is -0.810. The first-order chi connectivity index (χ1) is 11.0. The maximum absolute atomic E-state index is 12.9. The minimum absolute atomic E-state index is 0.572. The zero-order chi connectivity index (χ0) is 16.7. The Morgan fingerprint density at radius 1 is 1.17 bits per heavy atom. The van der Waals surface area contributed by atoms with Crippen molar-refractivity contribution in [1.29, 1.82) is 0 Å². The molecular weight excluding hydrogens is 367 g/mol. The summed E-state index contributed by atoms with van der Waals surface area (Å²) in [7, 11) is 0. The van der Waals surface area contributed by atoms with E-state index in [1.165, 1.54) is 31.4 Å². The Bertz CT molecular complexity index is 519. The van der Waals surface area contributed by atoms with Gasteiger partial charge in [0.15, 0.2) is 0 Å². The van der Waals surface area contributed by atoms with Crippen LogP contribution in [-0.2, 0) is 6.18 Å². The Morgan fingerprint density at radius 2 is 1.91 bits per heavy atom. The molecular formula is C18H23BrF3N. The van der Waals surface area contributed by atoms with Crippen molar-refractivity contribution in [3.63, 3.8) is 0 Å². The van der Waals surface area contributed by atoms with Crippen molar-refractivity contribution in [2.45, 2.75) is 38.3 Å². The SMILES string of the molecule is FC(F)(F)c1cccc(/C(=C\CCBr)CCN2CCCCC2)c1. The lowest BCUT2D eigenvalue weighted by molar-refractivity contribution is -0.137. The quantitative estimate of drug-likeness (QED) is 0.559. The van der Waals surface area contributed by atoms with E-state index in [0.29, 0.717) is 5.56 Å². The van der Waals surface area contributed by atoms with Crippen LogP contribution >= 0.6 is 15.9 Å². The molecule has 0 bridgehead atoms. The van der Waals surface area contributed by atoms with E-state index in [4.69, 9.17) is 0 Å². The van der Waals surface area contributed by atoms with Crippen LogP contribution < -0.4 is 0 Å². The summed E-state index contributed by atoms with van der Waals surface area (Å²) in [5, 5.41) is 0.819. The Labute approximate surface area is 144 Å². The predicted molar refractivity (Wildman–Crippen MR) is 92.7 cm³/mol. The third-order valence-corrected chi connectivity index (χ3v) is 4.66. The first kappa shape index (κ1) is 18.5. The summed E-state index contributed by atoms with van der Waals surface area (Å²) in [4.78, 5) is 2.42. The van der Waals surface area contributed by atoms with Crippen molar-refractivity contribution in [2.75, 3.05) is 25.0 Å². The number of nitrogens with zero attached hydrogens (tertiary/aromatic N) is 1. The number of hydrogen-bond donors (Lipinski definition) is 0. The summed E-state index contributed by atoms with van der Waals surface area (Å²) < 4.78 is 38.8. The van der Waals surface area contributed by atoms with Gasteiger partial charge in [-0.15, -0.1) is 0 Å². The maximum Gasteiger partial charge on any atom is 0.416 e. The van der Waals surface area contributed by atoms with Crippen LogP contribution in [0, 0.1) is 0 Å². The Morgan fingerprint density at radius 3 is 2.57 bits per heavy atom. The molecule has 5 heteroatoms. The molecule has 1 fully saturated rings. The number of piperidine rings is 1. The minimum Gasteiger partial charge on any atom is -0.303 e. The van der Waals surface area contributed by atoms with Crippen LogP contribution in [0.2, 0.25) is 0 Å². The van der Waals surface area contributed by atoms with Gasteiger partial charge >= 0.3 is 6.18 Å². The average molecular weight is 390 g/mol. The van der Waals surface area contributed by atoms with Gasteiger partial charge in [-0.1, -0.05) is 40.6 Å². The molecule has 0 saturated carbocycles. The highest BCUT2D eigenvalue weighted by molar-refractivity contribution is 9.09. The van der Waals surface area contributed by atoms with Gasteiger partial charge in [-0.2, -0.15) is 13.2 Å². The number of allylic oxidation sites excluding steroid dienone is 1. The van der Waals surface area contributed by atoms with E-state index in [2.05, 4.69) is 26.9 Å². The minimum atomic E-state index is -4.29. The van der Waals surface area contributed by atoms with Crippen molar-refractivity contribution < 1.29 is 13.2 Å². The van der Waals surface area contributed by atoms with Gasteiger partial charge in [0, 0.05) is 11.9 Å². The molecule has 0 unspecified atom stereocenters. The number of likely N-dealkylation sites (tertiary alicyclic amines) is 1. The lowest BCUT2D eigenvalue weighted by Crippen LogP contribution is -2.30. The highest BCUT2D eigenvalue weighted by Gasteiger charge is 2.30. The maximum atomic E-state index is 12.9. The first-order valence-corrected chi connectivity index (χ1v) is 9.28. The zero-order valence-corrected chi connectivity index (χ0v) is 14.8. The van der Waals surface area contributed by atoms with Crippen molar-refractivity contribution in [3.05, 3.63) is 41.5 Å². The van der Waals surface area contributed by atoms with Crippen LogP contribution in [0.1, 0.15) is 43.2 Å². The normalized spacial score (nSPS) is 17.5. The number of rotatable bonds is 6. The fourth-order valence-corrected chi connectivity index (χ4v) is 3.18. The largest absolute Gasteiger partial charge is 0.416 e. The van der Waals surface area contributed by atoms with E-state index in [0.717, 1.165) is 49.4 Å². The molecule has 1 aliphatic rings. The van der Waals surface area contributed by atoms with Gasteiger partial charge in [0.25, 0.3) is 0 Å². The van der Waals surface area contributed by atoms with E-state index >= 15 is 0 Å². The molecule has 2 rings (SSSR count). The number of alkyl halides is 4. The number of benzene rings is 1. The second-order valence-electron chi connectivity index (χ2n) is 5.94. The van der Waals surface area contributed by atoms with Crippen LogP contribution in [0.3, 0.4) is 0 Å². The van der Waals surface area contributed by atoms with Crippen molar-refractivity contribution in [2.24, 2.45) is 0 Å². The molecule has 1 aromatic rings. The Balaban J connectivity index is 2.11. The summed E-state index contributed by atoms with van der Waals surface area (Å²) in [5.74, 6) is 0. The lowest BCUT2D eigenvalue weighted by atomic mass is 9.98. The van der Waals surface area contributed by atoms with Crippen molar-refractivity contribution >= 4 is 21.5 Å². The van der Waals surface area contributed by atoms with Crippen molar-refractivity contribution in [3.8, 4) is 0 Å². The van der Waals surface area contributed by atoms with Gasteiger partial charge in [-0.05, 0) is 62.0 Å². The fraction of sp³-hybridized carbons (Fsp3) is 0.556. The third kappa shape index (κ3) is 5.96. The molecule has 1 aromatic carbocycles. The predicted octanol–water partition coefficient (Wildman–Crippen LogP) is 5.75. The van der Waals surface area contributed by atoms with Gasteiger partial charge in [0.05, 0.1) is 5.56 Å². The van der Waals surface area contributed by atoms with Gasteiger partial charge in [-0.25, -0.2) is 0 Å². The van der Waals surface area contributed by atoms with Crippen LogP contribution in [0.4, 0.5) is 13.2 Å². The monoisotopic (exact) mass is 389 g/mol. The molecule has 1 aliphatic heterocycles. The van der Waals surface area contributed by atoms with Gasteiger partial charge in [0.2, 0.25) is 0 Å². The second-order valence-corrected chi connectivity index (χ2v) is 6.73. The summed E-state index contributed by atoms with van der Waals surface area (Å²) >= 11 is 3.39. The molecule has 23 heavy (non-hydrogen) atoms. The zero-order valence-electron chi connectivity index (χ0n) is 13.2. The number of halogens is 4. The molecule has 1 heterocycles. The first-order valence-electron chi connectivity index (χ1n) is 8.15. The standard InChI is InChI=1S/C18H23BrF3N/c19-10-5-7-15(9-13-23-11-2-1-3-12-23)16-6-4-8-17(14-16)18(20,21)22/h4,6-8,14H,1-3,5,9-13H2/b15-7-. The summed E-state index contributed by atoms with van der Waals surface area (Å²) in [6, 6.07) is 5.69. The van der Waals surface area contributed by atoms with Crippen LogP contribution in [-0.4, -0.2) is 29.9 Å². The molecule has 128 valence electrons. The molecule has 1 nitrogen and oxygen atoms in total. The number of hydrogen-bond acceptors (Lipinski definition) is 1. The van der Waals surface area contributed by atoms with Crippen LogP contribution in [0.5, 0.6) is 0 Å². The van der Waals surface area contributed by atoms with E-state index in [9.17, 15) is 13.2 Å². The smallest absolute Gasteiger partial charge is 0.303 e. The van der Waals surface area contributed by atoms with E-state index in [1.807, 2.05) is 0 Å². The third-order valence-electron chi connectivity index (χ3n) is 4.21. The van der Waals surface area contributed by atoms with Crippen LogP contribution in [0.15, 0.2) is 30.3 Å². The van der Waals surface area contributed by atoms with E-state index < -0.39 is 11.7 Å². The molecule has 0 atom stereocenters. The topological polar surface area (TPSA) is 3.24 Å². The van der Waals surface area contributed by atoms with Gasteiger partial charge < -0.3 is 4.90 Å². The van der Waals surface area contributed by atoms with E-state index in [-0.39, 0.29) is 0 Å². The van der Waals surface area contributed by atoms with Crippen molar-refractivity contribution in [1.82, 2.24) is 4.90 Å². The summed E-state index contributed by atoms with van der Waals surface area (Å²) in [6.07, 6.45) is 3.14. The lowest BCUT2D eigenvalue weighted by Gasteiger charge is -2.27. The molecule has 0 radical (unpaired) electrons. The fourth-order valence-electron chi connectivity index (χ4n) is 2.95. The summed E-state index contributed by atoms with van der Waals surface area (Å²) in [6.45, 7) is 3.13. The molecule has 0 aliphatic carbocycles. The van der Waals surface area contributed by atoms with Crippen LogP contribution in [0.25, 0.3) is 5.57 Å². The second kappa shape index (κ2) is 8.88. The molecule has 0 aromatic heterocycles. The van der Waals surface area contributed by atoms with E-state index in [1.54, 1.807) is 6.07 Å². The molecule has 1 saturated heterocycles. The highest BCUT2D eigenvalue weighted by atomic mass is 79.9. The Kier molecular flexibility index (Phi) is 7.15. The highest BCUT2D eigenvalue weighted by Crippen LogP contribution is 2.32. The molecule has 0 spiro atoms. The average Bonchev–Trinajstić information content (AvgIpc) is 2.55. The van der Waals surface area contributed by atoms with Gasteiger partial charge in [0.1, 0.15) is 0 Å². The van der Waals surface area contributed by atoms with Gasteiger partial charge in [-0.3, -0.25) is 0 Å². The molecule has 0 amide bonds.